The molecule has 0 saturated carbocycles. The van der Waals surface area contributed by atoms with E-state index in [0.29, 0.717) is 12.4 Å². The number of H-pyrrole nitrogens is 1. The lowest BCUT2D eigenvalue weighted by molar-refractivity contribution is -0.119. The van der Waals surface area contributed by atoms with Crippen molar-refractivity contribution in [1.82, 2.24) is 10.2 Å². The third-order valence-corrected chi connectivity index (χ3v) is 2.23. The van der Waals surface area contributed by atoms with Gasteiger partial charge in [0.1, 0.15) is 5.82 Å². The summed E-state index contributed by atoms with van der Waals surface area (Å²) in [6, 6.07) is 0. The highest BCUT2D eigenvalue weighted by Gasteiger charge is 2.15. The van der Waals surface area contributed by atoms with Crippen LogP contribution in [0.25, 0.3) is 0 Å². The number of nitrogens with two attached hydrogens (primary N) is 1. The number of aryl methyl sites for hydroxylation is 1. The summed E-state index contributed by atoms with van der Waals surface area (Å²) in [6.45, 7) is 4.19. The van der Waals surface area contributed by atoms with Gasteiger partial charge in [0.15, 0.2) is 0 Å². The van der Waals surface area contributed by atoms with Crippen molar-refractivity contribution in [2.24, 2.45) is 11.7 Å². The van der Waals surface area contributed by atoms with Gasteiger partial charge in [0.05, 0.1) is 12.1 Å². The molecule has 1 aromatic rings. The molecule has 0 aliphatic heterocycles. The summed E-state index contributed by atoms with van der Waals surface area (Å²) < 4.78 is 0. The summed E-state index contributed by atoms with van der Waals surface area (Å²) in [4.78, 5) is 11.6. The Morgan fingerprint density at radius 3 is 2.93 bits per heavy atom. The van der Waals surface area contributed by atoms with Gasteiger partial charge in [0.2, 0.25) is 5.91 Å². The molecule has 14 heavy (non-hydrogen) atoms. The smallest absolute Gasteiger partial charge is 0.229 e. The second kappa shape index (κ2) is 4.76. The second-order valence-corrected chi connectivity index (χ2v) is 3.26. The minimum absolute atomic E-state index is 0.0534. The van der Waals surface area contributed by atoms with Gasteiger partial charge in [-0.15, -0.1) is 0 Å². The third-order valence-electron chi connectivity index (χ3n) is 2.23. The highest BCUT2D eigenvalue weighted by molar-refractivity contribution is 5.92. The first-order chi connectivity index (χ1) is 6.69. The molecule has 0 fully saturated rings. The predicted molar refractivity (Wildman–Crippen MR) is 54.8 cm³/mol. The molecule has 1 unspecified atom stereocenters. The molecule has 0 aliphatic rings. The lowest BCUT2D eigenvalue weighted by Gasteiger charge is -2.11. The number of nitrogens with one attached hydrogen (secondary N) is 2. The zero-order valence-electron chi connectivity index (χ0n) is 8.50. The molecule has 0 saturated heterocycles. The Balaban J connectivity index is 2.61. The Morgan fingerprint density at radius 2 is 2.50 bits per heavy atom. The molecule has 78 valence electrons. The van der Waals surface area contributed by atoms with Crippen LogP contribution in [0.2, 0.25) is 0 Å². The molecule has 0 aromatic carbocycles. The van der Waals surface area contributed by atoms with E-state index in [0.717, 1.165) is 12.0 Å². The maximum atomic E-state index is 11.6. The first kappa shape index (κ1) is 10.7. The molecule has 1 heterocycles. The van der Waals surface area contributed by atoms with Crippen LogP contribution in [-0.2, 0) is 4.79 Å². The van der Waals surface area contributed by atoms with Crippen LogP contribution in [0.1, 0.15) is 18.9 Å². The number of nitrogens with zero attached hydrogens (tertiary/aromatic N) is 1. The lowest BCUT2D eigenvalue weighted by Crippen LogP contribution is -2.28. The number of hydrogen-bond donors (Lipinski definition) is 3. The summed E-state index contributed by atoms with van der Waals surface area (Å²) in [5.41, 5.74) is 6.39. The molecule has 0 bridgehead atoms. The maximum absolute atomic E-state index is 11.6. The van der Waals surface area contributed by atoms with Gasteiger partial charge in [-0.05, 0) is 13.3 Å². The highest BCUT2D eigenvalue weighted by Crippen LogP contribution is 2.11. The Morgan fingerprint density at radius 1 is 1.79 bits per heavy atom. The SMILES string of the molecule is CCC(CN)C(=O)Nc1[nH]ncc1C. The maximum Gasteiger partial charge on any atom is 0.229 e. The van der Waals surface area contributed by atoms with Crippen molar-refractivity contribution in [3.63, 3.8) is 0 Å². The minimum atomic E-state index is -0.127. The van der Waals surface area contributed by atoms with Gasteiger partial charge in [-0.25, -0.2) is 0 Å². The molecular weight excluding hydrogens is 180 g/mol. The van der Waals surface area contributed by atoms with E-state index < -0.39 is 0 Å². The van der Waals surface area contributed by atoms with Crippen LogP contribution in [0.4, 0.5) is 5.82 Å². The van der Waals surface area contributed by atoms with Gasteiger partial charge in [0, 0.05) is 12.1 Å². The number of anilines is 1. The Kier molecular flexibility index (Phi) is 3.64. The van der Waals surface area contributed by atoms with Crippen molar-refractivity contribution in [3.8, 4) is 0 Å². The van der Waals surface area contributed by atoms with Gasteiger partial charge >= 0.3 is 0 Å². The van der Waals surface area contributed by atoms with Crippen LogP contribution in [0, 0.1) is 12.8 Å². The van der Waals surface area contributed by atoms with Gasteiger partial charge in [0.25, 0.3) is 0 Å². The van der Waals surface area contributed by atoms with Gasteiger partial charge in [-0.2, -0.15) is 5.10 Å². The number of amides is 1. The van der Waals surface area contributed by atoms with E-state index in [9.17, 15) is 4.79 Å². The van der Waals surface area contributed by atoms with E-state index in [-0.39, 0.29) is 11.8 Å². The Labute approximate surface area is 83.1 Å². The molecule has 1 rings (SSSR count). The van der Waals surface area contributed by atoms with Crippen LogP contribution < -0.4 is 11.1 Å². The van der Waals surface area contributed by atoms with E-state index in [1.807, 2.05) is 13.8 Å². The quantitative estimate of drug-likeness (QED) is 0.660. The van der Waals surface area contributed by atoms with Crippen molar-refractivity contribution in [2.45, 2.75) is 20.3 Å². The molecule has 4 N–H and O–H groups in total. The van der Waals surface area contributed by atoms with Crippen LogP contribution >= 0.6 is 0 Å². The van der Waals surface area contributed by atoms with Crippen LogP contribution in [0.15, 0.2) is 6.20 Å². The van der Waals surface area contributed by atoms with Crippen molar-refractivity contribution < 1.29 is 4.79 Å². The van der Waals surface area contributed by atoms with Gasteiger partial charge < -0.3 is 11.1 Å². The fourth-order valence-electron chi connectivity index (χ4n) is 1.16. The van der Waals surface area contributed by atoms with Crippen LogP contribution in [0.3, 0.4) is 0 Å². The van der Waals surface area contributed by atoms with Crippen molar-refractivity contribution in [2.75, 3.05) is 11.9 Å². The molecule has 0 aliphatic carbocycles. The number of hydrogen-bond acceptors (Lipinski definition) is 3. The monoisotopic (exact) mass is 196 g/mol. The normalized spacial score (nSPS) is 12.5. The molecule has 5 nitrogen and oxygen atoms in total. The van der Waals surface area contributed by atoms with Crippen LogP contribution in [0.5, 0.6) is 0 Å². The van der Waals surface area contributed by atoms with Gasteiger partial charge in [-0.3, -0.25) is 9.89 Å². The number of aromatic nitrogens is 2. The number of aromatic amines is 1. The van der Waals surface area contributed by atoms with E-state index in [1.165, 1.54) is 0 Å². The molecule has 0 spiro atoms. The summed E-state index contributed by atoms with van der Waals surface area (Å²) in [5.74, 6) is 0.474. The lowest BCUT2D eigenvalue weighted by atomic mass is 10.1. The van der Waals surface area contributed by atoms with E-state index in [1.54, 1.807) is 6.20 Å². The molecular formula is C9H16N4O. The van der Waals surface area contributed by atoms with E-state index in [4.69, 9.17) is 5.73 Å². The van der Waals surface area contributed by atoms with Crippen molar-refractivity contribution in [1.29, 1.82) is 0 Å². The minimum Gasteiger partial charge on any atom is -0.330 e. The number of carbonyl (C=O) groups excluding carboxylic acids is 1. The fourth-order valence-corrected chi connectivity index (χ4v) is 1.16. The first-order valence-corrected chi connectivity index (χ1v) is 4.70. The van der Waals surface area contributed by atoms with Gasteiger partial charge in [-0.1, -0.05) is 6.92 Å². The average molecular weight is 196 g/mol. The number of rotatable bonds is 4. The topological polar surface area (TPSA) is 83.8 Å². The summed E-state index contributed by atoms with van der Waals surface area (Å²) in [5, 5.41) is 9.29. The standard InChI is InChI=1S/C9H16N4O/c1-3-7(4-10)9(14)12-8-6(2)5-11-13-8/h5,7H,3-4,10H2,1-2H3,(H2,11,12,13,14). The second-order valence-electron chi connectivity index (χ2n) is 3.26. The third kappa shape index (κ3) is 2.32. The molecule has 0 radical (unpaired) electrons. The average Bonchev–Trinajstić information content (AvgIpc) is 2.54. The zero-order valence-corrected chi connectivity index (χ0v) is 8.50. The van der Waals surface area contributed by atoms with E-state index in [2.05, 4.69) is 15.5 Å². The Hall–Kier alpha value is -1.36. The molecule has 5 heteroatoms. The first-order valence-electron chi connectivity index (χ1n) is 4.70. The largest absolute Gasteiger partial charge is 0.330 e. The van der Waals surface area contributed by atoms with E-state index >= 15 is 0 Å². The van der Waals surface area contributed by atoms with Crippen LogP contribution in [-0.4, -0.2) is 22.6 Å². The summed E-state index contributed by atoms with van der Waals surface area (Å²) in [7, 11) is 0. The highest BCUT2D eigenvalue weighted by atomic mass is 16.2. The summed E-state index contributed by atoms with van der Waals surface area (Å²) >= 11 is 0. The molecule has 1 atom stereocenters. The van der Waals surface area contributed by atoms with Crippen molar-refractivity contribution in [3.05, 3.63) is 11.8 Å². The molecule has 1 aromatic heterocycles. The van der Waals surface area contributed by atoms with Crippen molar-refractivity contribution >= 4 is 11.7 Å². The Bertz CT molecular complexity index is 304. The predicted octanol–water partition coefficient (Wildman–Crippen LogP) is 0.642. The molecule has 1 amide bonds. The number of carbonyl (C=O) groups is 1. The fraction of sp³-hybridized carbons (Fsp3) is 0.556. The summed E-state index contributed by atoms with van der Waals surface area (Å²) in [6.07, 6.45) is 2.41. The zero-order chi connectivity index (χ0) is 10.6.